The van der Waals surface area contributed by atoms with E-state index in [4.69, 9.17) is 5.11 Å². The Kier molecular flexibility index (Phi) is 7.70. The predicted octanol–water partition coefficient (Wildman–Crippen LogP) is 2.48. The summed E-state index contributed by atoms with van der Waals surface area (Å²) in [4.78, 5) is 13.8. The van der Waals surface area contributed by atoms with Gasteiger partial charge in [-0.3, -0.25) is 9.69 Å². The van der Waals surface area contributed by atoms with Crippen LogP contribution in [0.3, 0.4) is 0 Å². The molecular formula is C14H21BrN2O2. The Morgan fingerprint density at radius 1 is 1.32 bits per heavy atom. The number of benzene rings is 1. The molecule has 0 atom stereocenters. The third kappa shape index (κ3) is 6.71. The minimum Gasteiger partial charge on any atom is -0.396 e. The zero-order valence-corrected chi connectivity index (χ0v) is 12.8. The Labute approximate surface area is 122 Å². The number of rotatable bonds is 8. The van der Waals surface area contributed by atoms with Gasteiger partial charge in [0.1, 0.15) is 0 Å². The van der Waals surface area contributed by atoms with Gasteiger partial charge in [-0.15, -0.1) is 0 Å². The van der Waals surface area contributed by atoms with Crippen molar-refractivity contribution in [3.63, 3.8) is 0 Å². The summed E-state index contributed by atoms with van der Waals surface area (Å²) in [5.41, 5.74) is 0.793. The number of nitrogens with one attached hydrogen (secondary N) is 1. The van der Waals surface area contributed by atoms with Gasteiger partial charge in [0.05, 0.1) is 12.2 Å². The summed E-state index contributed by atoms with van der Waals surface area (Å²) in [7, 11) is 1.93. The number of halogens is 1. The summed E-state index contributed by atoms with van der Waals surface area (Å²) in [5.74, 6) is -0.0171. The number of carbonyl (C=O) groups excluding carboxylic acids is 1. The Balaban J connectivity index is 2.29. The standard InChI is InChI=1S/C14H21BrN2O2/c1-17(9-5-2-6-10-18)11-14(19)16-13-8-4-3-7-12(13)15/h3-4,7-8,18H,2,5-6,9-11H2,1H3,(H,16,19). The van der Waals surface area contributed by atoms with E-state index in [1.807, 2.05) is 36.2 Å². The first-order valence-corrected chi connectivity index (χ1v) is 7.26. The van der Waals surface area contributed by atoms with Crippen LogP contribution < -0.4 is 5.32 Å². The number of para-hydroxylation sites is 1. The van der Waals surface area contributed by atoms with Gasteiger partial charge in [0.2, 0.25) is 5.91 Å². The maximum Gasteiger partial charge on any atom is 0.238 e. The molecular weight excluding hydrogens is 308 g/mol. The molecule has 1 aromatic carbocycles. The highest BCUT2D eigenvalue weighted by Gasteiger charge is 2.08. The molecule has 2 N–H and O–H groups in total. The smallest absolute Gasteiger partial charge is 0.238 e. The minimum absolute atomic E-state index is 0.0171. The van der Waals surface area contributed by atoms with Crippen LogP contribution in [0.2, 0.25) is 0 Å². The number of aliphatic hydroxyl groups excluding tert-OH is 1. The normalized spacial score (nSPS) is 10.7. The lowest BCUT2D eigenvalue weighted by molar-refractivity contribution is -0.117. The zero-order chi connectivity index (χ0) is 14.1. The van der Waals surface area contributed by atoms with E-state index in [9.17, 15) is 4.79 Å². The number of aliphatic hydroxyl groups is 1. The molecule has 0 radical (unpaired) electrons. The van der Waals surface area contributed by atoms with Gasteiger partial charge in [-0.1, -0.05) is 12.1 Å². The number of amides is 1. The van der Waals surface area contributed by atoms with Crippen molar-refractivity contribution in [2.75, 3.05) is 32.1 Å². The molecule has 5 heteroatoms. The van der Waals surface area contributed by atoms with Crippen LogP contribution in [0.15, 0.2) is 28.7 Å². The summed E-state index contributed by atoms with van der Waals surface area (Å²) < 4.78 is 0.883. The van der Waals surface area contributed by atoms with Gasteiger partial charge in [0.15, 0.2) is 0 Å². The predicted molar refractivity (Wildman–Crippen MR) is 81.2 cm³/mol. The Morgan fingerprint density at radius 3 is 2.74 bits per heavy atom. The summed E-state index contributed by atoms with van der Waals surface area (Å²) >= 11 is 3.40. The van der Waals surface area contributed by atoms with Crippen molar-refractivity contribution in [3.8, 4) is 0 Å². The largest absolute Gasteiger partial charge is 0.396 e. The van der Waals surface area contributed by atoms with Gasteiger partial charge < -0.3 is 10.4 Å². The molecule has 0 fully saturated rings. The van der Waals surface area contributed by atoms with Gasteiger partial charge in [-0.05, 0) is 60.9 Å². The van der Waals surface area contributed by atoms with Crippen molar-refractivity contribution in [3.05, 3.63) is 28.7 Å². The molecule has 4 nitrogen and oxygen atoms in total. The first-order valence-electron chi connectivity index (χ1n) is 6.47. The van der Waals surface area contributed by atoms with Crippen molar-refractivity contribution in [2.24, 2.45) is 0 Å². The van der Waals surface area contributed by atoms with E-state index in [0.717, 1.165) is 36.0 Å². The maximum absolute atomic E-state index is 11.9. The number of carbonyl (C=O) groups is 1. The number of likely N-dealkylation sites (N-methyl/N-ethyl adjacent to an activating group) is 1. The molecule has 0 bridgehead atoms. The molecule has 0 spiro atoms. The van der Waals surface area contributed by atoms with Crippen LogP contribution in [0.5, 0.6) is 0 Å². The van der Waals surface area contributed by atoms with Crippen LogP contribution in [0, 0.1) is 0 Å². The van der Waals surface area contributed by atoms with E-state index < -0.39 is 0 Å². The summed E-state index contributed by atoms with van der Waals surface area (Å²) in [6, 6.07) is 7.56. The fraction of sp³-hybridized carbons (Fsp3) is 0.500. The number of anilines is 1. The molecule has 0 saturated heterocycles. The molecule has 0 aromatic heterocycles. The Bertz CT molecular complexity index is 399. The molecule has 1 rings (SSSR count). The van der Waals surface area contributed by atoms with Crippen LogP contribution in [0.4, 0.5) is 5.69 Å². The highest BCUT2D eigenvalue weighted by atomic mass is 79.9. The van der Waals surface area contributed by atoms with Crippen molar-refractivity contribution >= 4 is 27.5 Å². The molecule has 0 aliphatic carbocycles. The molecule has 1 aromatic rings. The number of hydrogen-bond donors (Lipinski definition) is 2. The monoisotopic (exact) mass is 328 g/mol. The van der Waals surface area contributed by atoms with E-state index in [0.29, 0.717) is 6.54 Å². The van der Waals surface area contributed by atoms with Gasteiger partial charge in [-0.25, -0.2) is 0 Å². The van der Waals surface area contributed by atoms with Gasteiger partial charge in [0, 0.05) is 11.1 Å². The third-order valence-corrected chi connectivity index (χ3v) is 3.45. The summed E-state index contributed by atoms with van der Waals surface area (Å²) in [6.07, 6.45) is 2.82. The highest BCUT2D eigenvalue weighted by Crippen LogP contribution is 2.20. The second-order valence-electron chi connectivity index (χ2n) is 4.55. The van der Waals surface area contributed by atoms with Crippen LogP contribution in [-0.2, 0) is 4.79 Å². The lowest BCUT2D eigenvalue weighted by Gasteiger charge is -2.16. The molecule has 0 heterocycles. The number of nitrogens with zero attached hydrogens (tertiary/aromatic N) is 1. The fourth-order valence-electron chi connectivity index (χ4n) is 1.75. The van der Waals surface area contributed by atoms with E-state index in [1.165, 1.54) is 0 Å². The molecule has 1 amide bonds. The van der Waals surface area contributed by atoms with Crippen molar-refractivity contribution in [1.29, 1.82) is 0 Å². The first kappa shape index (κ1) is 16.1. The molecule has 0 aliphatic rings. The van der Waals surface area contributed by atoms with Crippen LogP contribution in [0.25, 0.3) is 0 Å². The van der Waals surface area contributed by atoms with Crippen LogP contribution >= 0.6 is 15.9 Å². The fourth-order valence-corrected chi connectivity index (χ4v) is 2.13. The van der Waals surface area contributed by atoms with Crippen molar-refractivity contribution in [1.82, 2.24) is 4.90 Å². The van der Waals surface area contributed by atoms with E-state index >= 15 is 0 Å². The molecule has 0 saturated carbocycles. The molecule has 0 unspecified atom stereocenters. The molecule has 19 heavy (non-hydrogen) atoms. The lowest BCUT2D eigenvalue weighted by Crippen LogP contribution is -2.31. The van der Waals surface area contributed by atoms with Gasteiger partial charge in [-0.2, -0.15) is 0 Å². The van der Waals surface area contributed by atoms with Crippen LogP contribution in [0.1, 0.15) is 19.3 Å². The molecule has 106 valence electrons. The number of unbranched alkanes of at least 4 members (excludes halogenated alkanes) is 2. The van der Waals surface area contributed by atoms with Crippen LogP contribution in [-0.4, -0.2) is 42.7 Å². The van der Waals surface area contributed by atoms with Gasteiger partial charge >= 0.3 is 0 Å². The minimum atomic E-state index is -0.0171. The Morgan fingerprint density at radius 2 is 2.05 bits per heavy atom. The number of hydrogen-bond acceptors (Lipinski definition) is 3. The SMILES string of the molecule is CN(CCCCCO)CC(=O)Nc1ccccc1Br. The third-order valence-electron chi connectivity index (χ3n) is 2.76. The molecule has 0 aliphatic heterocycles. The summed E-state index contributed by atoms with van der Waals surface area (Å²) in [6.45, 7) is 1.48. The Hall–Kier alpha value is -0.910. The summed E-state index contributed by atoms with van der Waals surface area (Å²) in [5, 5.41) is 11.6. The average Bonchev–Trinajstić information content (AvgIpc) is 2.37. The lowest BCUT2D eigenvalue weighted by atomic mass is 10.2. The van der Waals surface area contributed by atoms with E-state index in [-0.39, 0.29) is 12.5 Å². The second-order valence-corrected chi connectivity index (χ2v) is 5.40. The topological polar surface area (TPSA) is 52.6 Å². The van der Waals surface area contributed by atoms with Crippen molar-refractivity contribution in [2.45, 2.75) is 19.3 Å². The first-order chi connectivity index (χ1) is 9.13. The maximum atomic E-state index is 11.9. The average molecular weight is 329 g/mol. The highest BCUT2D eigenvalue weighted by molar-refractivity contribution is 9.10. The van der Waals surface area contributed by atoms with E-state index in [2.05, 4.69) is 21.2 Å². The zero-order valence-electron chi connectivity index (χ0n) is 11.2. The van der Waals surface area contributed by atoms with Gasteiger partial charge in [0.25, 0.3) is 0 Å². The van der Waals surface area contributed by atoms with E-state index in [1.54, 1.807) is 0 Å². The quantitative estimate of drug-likeness (QED) is 0.721. The second kappa shape index (κ2) is 9.07. The van der Waals surface area contributed by atoms with Crippen molar-refractivity contribution < 1.29 is 9.90 Å².